The van der Waals surface area contributed by atoms with E-state index in [1.807, 2.05) is 24.3 Å². The lowest BCUT2D eigenvalue weighted by atomic mass is 10.2. The molecular formula is C19H13ClN2OS. The minimum atomic E-state index is 0.330. The van der Waals surface area contributed by atoms with Crippen molar-refractivity contribution in [3.63, 3.8) is 0 Å². The number of rotatable bonds is 4. The van der Waals surface area contributed by atoms with E-state index in [2.05, 4.69) is 34.7 Å². The highest BCUT2D eigenvalue weighted by atomic mass is 35.5. The number of fused-ring (bicyclic) bond motifs is 3. The Hall–Kier alpha value is -2.32. The molecular weight excluding hydrogens is 340 g/mol. The van der Waals surface area contributed by atoms with E-state index in [1.165, 1.54) is 4.70 Å². The fourth-order valence-corrected chi connectivity index (χ4v) is 3.82. The van der Waals surface area contributed by atoms with Crippen LogP contribution in [0.3, 0.4) is 0 Å². The molecule has 2 heterocycles. The van der Waals surface area contributed by atoms with Crippen molar-refractivity contribution in [2.45, 2.75) is 6.61 Å². The first-order chi connectivity index (χ1) is 11.7. The van der Waals surface area contributed by atoms with Crippen LogP contribution < -0.4 is 0 Å². The summed E-state index contributed by atoms with van der Waals surface area (Å²) in [7, 11) is 0. The normalized spacial score (nSPS) is 11.2. The van der Waals surface area contributed by atoms with Crippen LogP contribution in [0.1, 0.15) is 5.56 Å². The van der Waals surface area contributed by atoms with Gasteiger partial charge in [-0.3, -0.25) is 4.40 Å². The maximum Gasteiger partial charge on any atom is 0.195 e. The number of benzene rings is 2. The molecule has 0 aliphatic carbocycles. The third kappa shape index (κ3) is 2.78. The van der Waals surface area contributed by atoms with Crippen LogP contribution >= 0.6 is 22.9 Å². The summed E-state index contributed by atoms with van der Waals surface area (Å²) in [5, 5.41) is 0.727. The van der Waals surface area contributed by atoms with Crippen molar-refractivity contribution in [3.05, 3.63) is 59.2 Å². The van der Waals surface area contributed by atoms with Gasteiger partial charge in [0.2, 0.25) is 0 Å². The highest BCUT2D eigenvalue weighted by Gasteiger charge is 2.10. The standard InChI is InChI=1S/C19H13ClN2OS/c1-2-9-23-12-13-3-8-17-18(10-13)24-19-21-16(11-22(17)19)14-4-6-15(20)7-5-14/h1,3-8,10-11H,9,12H2. The van der Waals surface area contributed by atoms with E-state index in [9.17, 15) is 0 Å². The fraction of sp³-hybridized carbons (Fsp3) is 0.105. The van der Waals surface area contributed by atoms with Crippen molar-refractivity contribution in [1.82, 2.24) is 9.38 Å². The van der Waals surface area contributed by atoms with Gasteiger partial charge in [-0.15, -0.1) is 6.42 Å². The largest absolute Gasteiger partial charge is 0.364 e. The van der Waals surface area contributed by atoms with Crippen LogP contribution in [0.5, 0.6) is 0 Å². The molecule has 0 bridgehead atoms. The van der Waals surface area contributed by atoms with Gasteiger partial charge in [0, 0.05) is 16.8 Å². The van der Waals surface area contributed by atoms with Crippen LogP contribution in [0.25, 0.3) is 26.4 Å². The van der Waals surface area contributed by atoms with Crippen molar-refractivity contribution >= 4 is 38.1 Å². The van der Waals surface area contributed by atoms with Crippen LogP contribution in [0.2, 0.25) is 5.02 Å². The van der Waals surface area contributed by atoms with Crippen LogP contribution in [-0.4, -0.2) is 16.0 Å². The van der Waals surface area contributed by atoms with Gasteiger partial charge in [-0.2, -0.15) is 0 Å². The minimum Gasteiger partial charge on any atom is -0.364 e. The predicted octanol–water partition coefficient (Wildman–Crippen LogP) is 5.02. The highest BCUT2D eigenvalue weighted by molar-refractivity contribution is 7.23. The Labute approximate surface area is 148 Å². The Balaban J connectivity index is 1.71. The monoisotopic (exact) mass is 352 g/mol. The van der Waals surface area contributed by atoms with E-state index in [1.54, 1.807) is 11.3 Å². The summed E-state index contributed by atoms with van der Waals surface area (Å²) < 4.78 is 8.70. The van der Waals surface area contributed by atoms with E-state index in [-0.39, 0.29) is 0 Å². The molecule has 5 heteroatoms. The molecule has 0 saturated carbocycles. The molecule has 24 heavy (non-hydrogen) atoms. The number of imidazole rings is 1. The van der Waals surface area contributed by atoms with Gasteiger partial charge in [0.15, 0.2) is 4.96 Å². The lowest BCUT2D eigenvalue weighted by Crippen LogP contribution is -1.92. The zero-order valence-corrected chi connectivity index (χ0v) is 14.3. The van der Waals surface area contributed by atoms with Gasteiger partial charge in [0.25, 0.3) is 0 Å². The fourth-order valence-electron chi connectivity index (χ4n) is 2.62. The predicted molar refractivity (Wildman–Crippen MR) is 99.5 cm³/mol. The van der Waals surface area contributed by atoms with Gasteiger partial charge in [0.05, 0.1) is 22.5 Å². The Bertz CT molecular complexity index is 1060. The zero-order chi connectivity index (χ0) is 16.5. The Morgan fingerprint density at radius 1 is 1.21 bits per heavy atom. The van der Waals surface area contributed by atoms with Gasteiger partial charge < -0.3 is 4.74 Å². The third-order valence-electron chi connectivity index (χ3n) is 3.75. The van der Waals surface area contributed by atoms with Gasteiger partial charge in [0.1, 0.15) is 6.61 Å². The van der Waals surface area contributed by atoms with Gasteiger partial charge >= 0.3 is 0 Å². The summed E-state index contributed by atoms with van der Waals surface area (Å²) in [6, 6.07) is 14.0. The van der Waals surface area contributed by atoms with Gasteiger partial charge in [-0.1, -0.05) is 47.1 Å². The number of aromatic nitrogens is 2. The van der Waals surface area contributed by atoms with E-state index in [4.69, 9.17) is 27.7 Å². The van der Waals surface area contributed by atoms with Crippen LogP contribution in [-0.2, 0) is 11.3 Å². The van der Waals surface area contributed by atoms with E-state index < -0.39 is 0 Å². The molecule has 3 nitrogen and oxygen atoms in total. The average molecular weight is 353 g/mol. The number of ether oxygens (including phenoxy) is 1. The van der Waals surface area contributed by atoms with Crippen LogP contribution in [0.4, 0.5) is 0 Å². The summed E-state index contributed by atoms with van der Waals surface area (Å²) in [5.74, 6) is 2.48. The van der Waals surface area contributed by atoms with Crippen molar-refractivity contribution in [1.29, 1.82) is 0 Å². The molecule has 4 rings (SSSR count). The quantitative estimate of drug-likeness (QED) is 0.381. The highest BCUT2D eigenvalue weighted by Crippen LogP contribution is 2.30. The van der Waals surface area contributed by atoms with Crippen LogP contribution in [0.15, 0.2) is 48.7 Å². The average Bonchev–Trinajstić information content (AvgIpc) is 3.13. The molecule has 0 aliphatic heterocycles. The van der Waals surface area contributed by atoms with E-state index >= 15 is 0 Å². The lowest BCUT2D eigenvalue weighted by molar-refractivity contribution is 0.153. The molecule has 0 aliphatic rings. The summed E-state index contributed by atoms with van der Waals surface area (Å²) in [6.07, 6.45) is 7.26. The van der Waals surface area contributed by atoms with E-state index in [0.717, 1.165) is 32.3 Å². The molecule has 4 aromatic rings. The topological polar surface area (TPSA) is 26.5 Å². The molecule has 2 aromatic carbocycles. The molecule has 2 aromatic heterocycles. The second kappa shape index (κ2) is 6.29. The summed E-state index contributed by atoms with van der Waals surface area (Å²) in [5.41, 5.74) is 4.26. The van der Waals surface area contributed by atoms with Crippen molar-refractivity contribution in [2.24, 2.45) is 0 Å². The molecule has 0 amide bonds. The molecule has 118 valence electrons. The maximum atomic E-state index is 5.95. The van der Waals surface area contributed by atoms with E-state index in [0.29, 0.717) is 13.2 Å². The van der Waals surface area contributed by atoms with Gasteiger partial charge in [-0.25, -0.2) is 4.98 Å². The Kier molecular flexibility index (Phi) is 3.99. The molecule has 0 atom stereocenters. The second-order valence-electron chi connectivity index (χ2n) is 5.39. The molecule has 0 spiro atoms. The number of hydrogen-bond acceptors (Lipinski definition) is 3. The Morgan fingerprint density at radius 3 is 2.83 bits per heavy atom. The first-order valence-electron chi connectivity index (χ1n) is 7.42. The smallest absolute Gasteiger partial charge is 0.195 e. The maximum absolute atomic E-state index is 5.95. The molecule has 0 N–H and O–H groups in total. The second-order valence-corrected chi connectivity index (χ2v) is 6.83. The van der Waals surface area contributed by atoms with Crippen molar-refractivity contribution < 1.29 is 4.74 Å². The Morgan fingerprint density at radius 2 is 2.04 bits per heavy atom. The summed E-state index contributed by atoms with van der Waals surface area (Å²) >= 11 is 7.61. The van der Waals surface area contributed by atoms with Crippen molar-refractivity contribution in [2.75, 3.05) is 6.61 Å². The lowest BCUT2D eigenvalue weighted by Gasteiger charge is -2.01. The number of nitrogens with zero attached hydrogens (tertiary/aromatic N) is 2. The number of hydrogen-bond donors (Lipinski definition) is 0. The minimum absolute atomic E-state index is 0.330. The summed E-state index contributed by atoms with van der Waals surface area (Å²) in [6.45, 7) is 0.854. The molecule has 0 radical (unpaired) electrons. The summed E-state index contributed by atoms with van der Waals surface area (Å²) in [4.78, 5) is 5.70. The third-order valence-corrected chi connectivity index (χ3v) is 5.02. The van der Waals surface area contributed by atoms with Gasteiger partial charge in [-0.05, 0) is 29.8 Å². The molecule has 0 unspecified atom stereocenters. The number of thiazole rings is 1. The molecule has 0 saturated heterocycles. The number of terminal acetylenes is 1. The zero-order valence-electron chi connectivity index (χ0n) is 12.7. The van der Waals surface area contributed by atoms with Crippen molar-refractivity contribution in [3.8, 4) is 23.6 Å². The number of halogens is 1. The first kappa shape index (κ1) is 15.2. The molecule has 0 fully saturated rings. The SMILES string of the molecule is C#CCOCc1ccc2c(c1)sc1nc(-c3ccc(Cl)cc3)cn12. The first-order valence-corrected chi connectivity index (χ1v) is 8.62. The van der Waals surface area contributed by atoms with Crippen LogP contribution in [0, 0.1) is 12.3 Å².